The topological polar surface area (TPSA) is 51.7 Å². The van der Waals surface area contributed by atoms with E-state index in [0.717, 1.165) is 27.6 Å². The van der Waals surface area contributed by atoms with Crippen molar-refractivity contribution in [1.82, 2.24) is 9.88 Å². The van der Waals surface area contributed by atoms with Crippen LogP contribution in [0.4, 0.5) is 0 Å². The van der Waals surface area contributed by atoms with Crippen LogP contribution in [0, 0.1) is 0 Å². The third-order valence-electron chi connectivity index (χ3n) is 4.19. The molecule has 5 nitrogen and oxygen atoms in total. The maximum Gasteiger partial charge on any atom is 0.273 e. The van der Waals surface area contributed by atoms with Gasteiger partial charge >= 0.3 is 0 Å². The molecule has 4 rings (SSSR count). The molecule has 2 heterocycles. The lowest BCUT2D eigenvalue weighted by Crippen LogP contribution is -2.26. The van der Waals surface area contributed by atoms with Crippen molar-refractivity contribution in [2.24, 2.45) is 0 Å². The van der Waals surface area contributed by atoms with Crippen LogP contribution in [0.15, 0.2) is 47.8 Å². The SMILES string of the molecule is CN(Cc1ccc2c(c1)OCCO2)C(=O)c1csc(-c2ccc(Cl)cc2)n1. The van der Waals surface area contributed by atoms with Crippen molar-refractivity contribution in [3.05, 3.63) is 64.1 Å². The van der Waals surface area contributed by atoms with Crippen LogP contribution in [0.2, 0.25) is 5.02 Å². The van der Waals surface area contributed by atoms with Crippen LogP contribution in [-0.4, -0.2) is 36.1 Å². The molecule has 1 amide bonds. The molecule has 0 spiro atoms. The summed E-state index contributed by atoms with van der Waals surface area (Å²) in [6.07, 6.45) is 0. The van der Waals surface area contributed by atoms with E-state index in [1.165, 1.54) is 11.3 Å². The van der Waals surface area contributed by atoms with Crippen molar-refractivity contribution >= 4 is 28.8 Å². The number of carbonyl (C=O) groups excluding carboxylic acids is 1. The number of aromatic nitrogens is 1. The van der Waals surface area contributed by atoms with Gasteiger partial charge in [0, 0.05) is 29.6 Å². The fraction of sp³-hybridized carbons (Fsp3) is 0.200. The number of hydrogen-bond acceptors (Lipinski definition) is 5. The monoisotopic (exact) mass is 400 g/mol. The van der Waals surface area contributed by atoms with E-state index in [4.69, 9.17) is 21.1 Å². The zero-order valence-electron chi connectivity index (χ0n) is 14.6. The standard InChI is InChI=1S/C20H17ClN2O3S/c1-23(11-13-2-7-17-18(10-13)26-9-8-25-17)20(24)16-12-27-19(22-16)14-3-5-15(21)6-4-14/h2-7,10,12H,8-9,11H2,1H3. The molecule has 7 heteroatoms. The molecule has 0 fully saturated rings. The first-order chi connectivity index (χ1) is 13.1. The number of fused-ring (bicyclic) bond motifs is 1. The van der Waals surface area contributed by atoms with Gasteiger partial charge in [-0.2, -0.15) is 0 Å². The molecule has 0 aliphatic carbocycles. The minimum Gasteiger partial charge on any atom is -0.486 e. The number of ether oxygens (including phenoxy) is 2. The molecule has 0 saturated heterocycles. The summed E-state index contributed by atoms with van der Waals surface area (Å²) in [6.45, 7) is 1.56. The summed E-state index contributed by atoms with van der Waals surface area (Å²) in [7, 11) is 1.76. The third kappa shape index (κ3) is 3.91. The van der Waals surface area contributed by atoms with Crippen molar-refractivity contribution in [1.29, 1.82) is 0 Å². The number of amides is 1. The smallest absolute Gasteiger partial charge is 0.273 e. The Hall–Kier alpha value is -2.57. The molecule has 27 heavy (non-hydrogen) atoms. The highest BCUT2D eigenvalue weighted by Gasteiger charge is 2.18. The molecule has 138 valence electrons. The predicted molar refractivity (Wildman–Crippen MR) is 106 cm³/mol. The van der Waals surface area contributed by atoms with Gasteiger partial charge in [-0.05, 0) is 29.8 Å². The van der Waals surface area contributed by atoms with Gasteiger partial charge in [-0.3, -0.25) is 4.79 Å². The van der Waals surface area contributed by atoms with Crippen LogP contribution in [0.5, 0.6) is 11.5 Å². The average molecular weight is 401 g/mol. The van der Waals surface area contributed by atoms with Crippen molar-refractivity contribution in [2.75, 3.05) is 20.3 Å². The minimum atomic E-state index is -0.124. The van der Waals surface area contributed by atoms with E-state index in [2.05, 4.69) is 4.98 Å². The molecule has 2 aromatic carbocycles. The maximum atomic E-state index is 12.7. The second-order valence-corrected chi connectivity index (χ2v) is 7.48. The quantitative estimate of drug-likeness (QED) is 0.646. The Bertz CT molecular complexity index is 972. The average Bonchev–Trinajstić information content (AvgIpc) is 3.18. The molecule has 0 N–H and O–H groups in total. The van der Waals surface area contributed by atoms with Crippen LogP contribution in [0.3, 0.4) is 0 Å². The van der Waals surface area contributed by atoms with Crippen molar-refractivity contribution < 1.29 is 14.3 Å². The Balaban J connectivity index is 1.47. The lowest BCUT2D eigenvalue weighted by Gasteiger charge is -2.21. The van der Waals surface area contributed by atoms with Crippen LogP contribution in [0.1, 0.15) is 16.1 Å². The molecule has 1 aliphatic rings. The summed E-state index contributed by atoms with van der Waals surface area (Å²) in [5.74, 6) is 1.34. The van der Waals surface area contributed by atoms with E-state index in [1.807, 2.05) is 42.5 Å². The number of nitrogens with zero attached hydrogens (tertiary/aromatic N) is 2. The Labute approximate surface area is 166 Å². The van der Waals surface area contributed by atoms with E-state index in [-0.39, 0.29) is 5.91 Å². The van der Waals surface area contributed by atoms with Crippen molar-refractivity contribution in [3.8, 4) is 22.1 Å². The second kappa shape index (κ2) is 7.58. The molecule has 0 unspecified atom stereocenters. The minimum absolute atomic E-state index is 0.124. The molecular formula is C20H17ClN2O3S. The van der Waals surface area contributed by atoms with Gasteiger partial charge in [0.1, 0.15) is 23.9 Å². The van der Waals surface area contributed by atoms with Crippen molar-refractivity contribution in [2.45, 2.75) is 6.54 Å². The van der Waals surface area contributed by atoms with Crippen LogP contribution < -0.4 is 9.47 Å². The molecule has 1 aromatic heterocycles. The zero-order chi connectivity index (χ0) is 18.8. The Morgan fingerprint density at radius 2 is 1.89 bits per heavy atom. The molecule has 0 bridgehead atoms. The molecule has 0 saturated carbocycles. The summed E-state index contributed by atoms with van der Waals surface area (Å²) in [5, 5.41) is 3.25. The number of rotatable bonds is 4. The molecular weight excluding hydrogens is 384 g/mol. The van der Waals surface area contributed by atoms with Crippen LogP contribution in [-0.2, 0) is 6.54 Å². The van der Waals surface area contributed by atoms with E-state index < -0.39 is 0 Å². The van der Waals surface area contributed by atoms with E-state index in [9.17, 15) is 4.79 Å². The Morgan fingerprint density at radius 1 is 1.15 bits per heavy atom. The second-order valence-electron chi connectivity index (χ2n) is 6.18. The third-order valence-corrected chi connectivity index (χ3v) is 5.33. The Kier molecular flexibility index (Phi) is 5.01. The summed E-state index contributed by atoms with van der Waals surface area (Å²) in [6, 6.07) is 13.2. The highest BCUT2D eigenvalue weighted by atomic mass is 35.5. The highest BCUT2D eigenvalue weighted by molar-refractivity contribution is 7.13. The maximum absolute atomic E-state index is 12.7. The zero-order valence-corrected chi connectivity index (χ0v) is 16.2. The molecule has 1 aliphatic heterocycles. The summed E-state index contributed by atoms with van der Waals surface area (Å²) in [5.41, 5.74) is 2.35. The van der Waals surface area contributed by atoms with Gasteiger partial charge in [-0.25, -0.2) is 4.98 Å². The van der Waals surface area contributed by atoms with Crippen LogP contribution >= 0.6 is 22.9 Å². The van der Waals surface area contributed by atoms with E-state index >= 15 is 0 Å². The van der Waals surface area contributed by atoms with Gasteiger partial charge < -0.3 is 14.4 Å². The van der Waals surface area contributed by atoms with Crippen molar-refractivity contribution in [3.63, 3.8) is 0 Å². The van der Waals surface area contributed by atoms with Gasteiger partial charge in [0.25, 0.3) is 5.91 Å². The highest BCUT2D eigenvalue weighted by Crippen LogP contribution is 2.31. The fourth-order valence-corrected chi connectivity index (χ4v) is 3.75. The number of hydrogen-bond donors (Lipinski definition) is 0. The number of halogens is 1. The molecule has 0 radical (unpaired) electrons. The lowest BCUT2D eigenvalue weighted by molar-refractivity contribution is 0.0780. The summed E-state index contributed by atoms with van der Waals surface area (Å²) < 4.78 is 11.1. The van der Waals surface area contributed by atoms with Gasteiger partial charge in [-0.1, -0.05) is 29.8 Å². The van der Waals surface area contributed by atoms with Crippen LogP contribution in [0.25, 0.3) is 10.6 Å². The van der Waals surface area contributed by atoms with E-state index in [1.54, 1.807) is 17.3 Å². The normalized spacial score (nSPS) is 12.7. The van der Waals surface area contributed by atoms with Gasteiger partial charge in [-0.15, -0.1) is 11.3 Å². The number of thiazole rings is 1. The van der Waals surface area contributed by atoms with E-state index in [0.29, 0.717) is 30.5 Å². The first-order valence-corrected chi connectivity index (χ1v) is 9.71. The Morgan fingerprint density at radius 3 is 2.67 bits per heavy atom. The first-order valence-electron chi connectivity index (χ1n) is 8.45. The number of benzene rings is 2. The number of carbonyl (C=O) groups is 1. The van der Waals surface area contributed by atoms with Gasteiger partial charge in [0.05, 0.1) is 0 Å². The molecule has 0 atom stereocenters. The summed E-state index contributed by atoms with van der Waals surface area (Å²) >= 11 is 7.36. The molecule has 3 aromatic rings. The fourth-order valence-electron chi connectivity index (χ4n) is 2.82. The predicted octanol–water partition coefficient (Wildman–Crippen LogP) is 4.51. The van der Waals surface area contributed by atoms with Gasteiger partial charge in [0.2, 0.25) is 0 Å². The largest absolute Gasteiger partial charge is 0.486 e. The lowest BCUT2D eigenvalue weighted by atomic mass is 10.2. The van der Waals surface area contributed by atoms with Gasteiger partial charge in [0.15, 0.2) is 11.5 Å². The summed E-state index contributed by atoms with van der Waals surface area (Å²) in [4.78, 5) is 18.9. The first kappa shape index (κ1) is 17.8.